The second-order valence-corrected chi connectivity index (χ2v) is 10.9. The van der Waals surface area contributed by atoms with Crippen LogP contribution in [0, 0.1) is 0 Å². The molecule has 0 aromatic heterocycles. The molecule has 0 unspecified atom stereocenters. The van der Waals surface area contributed by atoms with Gasteiger partial charge in [0, 0.05) is 12.1 Å². The third-order valence-corrected chi connectivity index (χ3v) is 6.36. The zero-order valence-electron chi connectivity index (χ0n) is 21.3. The lowest BCUT2D eigenvalue weighted by molar-refractivity contribution is -0.155. The highest BCUT2D eigenvalue weighted by Gasteiger charge is 2.21. The van der Waals surface area contributed by atoms with Crippen LogP contribution in [0.5, 0.6) is 0 Å². The van der Waals surface area contributed by atoms with E-state index in [2.05, 4.69) is 17.0 Å². The van der Waals surface area contributed by atoms with Crippen molar-refractivity contribution < 1.29 is 32.3 Å². The maximum absolute atomic E-state index is 12.9. The molecule has 0 bridgehead atoms. The first kappa shape index (κ1) is 28.8. The van der Waals surface area contributed by atoms with Crippen LogP contribution in [-0.4, -0.2) is 39.0 Å². The fourth-order valence-corrected chi connectivity index (χ4v) is 4.32. The standard InChI is InChI=1S/C26H34N2O7S/c1-6-7-8-18-9-12-20(13-10-18)36(32,33)28-22-14-11-19(17-21(22)25(31)34-5)27-23(29)15-16-24(30)35-26(2,3)4/h9-14,17,28H,6-8,15-16H2,1-5H3,(H,27,29). The highest BCUT2D eigenvalue weighted by Crippen LogP contribution is 2.25. The van der Waals surface area contributed by atoms with Gasteiger partial charge in [0.15, 0.2) is 0 Å². The van der Waals surface area contributed by atoms with E-state index < -0.39 is 33.5 Å². The van der Waals surface area contributed by atoms with Gasteiger partial charge in [0.2, 0.25) is 5.91 Å². The summed E-state index contributed by atoms with van der Waals surface area (Å²) >= 11 is 0. The number of amides is 1. The van der Waals surface area contributed by atoms with Crippen LogP contribution in [0.25, 0.3) is 0 Å². The van der Waals surface area contributed by atoms with Crippen molar-refractivity contribution in [1.82, 2.24) is 0 Å². The van der Waals surface area contributed by atoms with Gasteiger partial charge in [0.25, 0.3) is 10.0 Å². The Morgan fingerprint density at radius 1 is 0.972 bits per heavy atom. The molecule has 0 aliphatic heterocycles. The van der Waals surface area contributed by atoms with Crippen molar-refractivity contribution in [1.29, 1.82) is 0 Å². The molecule has 0 atom stereocenters. The SMILES string of the molecule is CCCCc1ccc(S(=O)(=O)Nc2ccc(NC(=O)CCC(=O)OC(C)(C)C)cc2C(=O)OC)cc1. The number of nitrogens with one attached hydrogen (secondary N) is 2. The third kappa shape index (κ3) is 8.99. The molecule has 0 saturated carbocycles. The summed E-state index contributed by atoms with van der Waals surface area (Å²) in [7, 11) is -2.81. The molecule has 0 radical (unpaired) electrons. The topological polar surface area (TPSA) is 128 Å². The first-order valence-corrected chi connectivity index (χ1v) is 13.2. The van der Waals surface area contributed by atoms with Gasteiger partial charge in [0.1, 0.15) is 5.60 Å². The highest BCUT2D eigenvalue weighted by molar-refractivity contribution is 7.92. The van der Waals surface area contributed by atoms with Gasteiger partial charge in [-0.25, -0.2) is 13.2 Å². The molecule has 2 aromatic carbocycles. The third-order valence-electron chi connectivity index (χ3n) is 4.98. The number of rotatable bonds is 11. The van der Waals surface area contributed by atoms with Crippen molar-refractivity contribution in [2.75, 3.05) is 17.1 Å². The van der Waals surface area contributed by atoms with Crippen LogP contribution in [0.15, 0.2) is 47.4 Å². The molecule has 2 aromatic rings. The predicted octanol–water partition coefficient (Wildman–Crippen LogP) is 4.68. The van der Waals surface area contributed by atoms with E-state index in [0.29, 0.717) is 0 Å². The van der Waals surface area contributed by atoms with Gasteiger partial charge in [-0.05, 0) is 69.5 Å². The van der Waals surface area contributed by atoms with Crippen LogP contribution >= 0.6 is 0 Å². The smallest absolute Gasteiger partial charge is 0.340 e. The quantitative estimate of drug-likeness (QED) is 0.414. The van der Waals surface area contributed by atoms with Crippen molar-refractivity contribution >= 4 is 39.2 Å². The lowest BCUT2D eigenvalue weighted by Crippen LogP contribution is -2.24. The molecule has 10 heteroatoms. The number of anilines is 2. The Hall–Kier alpha value is -3.40. The Morgan fingerprint density at radius 2 is 1.64 bits per heavy atom. The van der Waals surface area contributed by atoms with Crippen LogP contribution in [0.1, 0.15) is 69.3 Å². The molecule has 1 amide bonds. The maximum atomic E-state index is 12.9. The molecular weight excluding hydrogens is 484 g/mol. The number of hydrogen-bond acceptors (Lipinski definition) is 7. The summed E-state index contributed by atoms with van der Waals surface area (Å²) < 4.78 is 38.2. The Bertz CT molecular complexity index is 1180. The number of hydrogen-bond donors (Lipinski definition) is 2. The van der Waals surface area contributed by atoms with Gasteiger partial charge in [-0.2, -0.15) is 0 Å². The van der Waals surface area contributed by atoms with Gasteiger partial charge < -0.3 is 14.8 Å². The Labute approximate surface area is 212 Å². The van der Waals surface area contributed by atoms with Gasteiger partial charge in [0.05, 0.1) is 29.7 Å². The molecule has 0 spiro atoms. The van der Waals surface area contributed by atoms with Crippen LogP contribution in [-0.2, 0) is 35.5 Å². The molecule has 196 valence electrons. The number of carbonyl (C=O) groups is 3. The number of carbonyl (C=O) groups excluding carboxylic acids is 3. The maximum Gasteiger partial charge on any atom is 0.340 e. The average molecular weight is 519 g/mol. The van der Waals surface area contributed by atoms with Gasteiger partial charge in [-0.1, -0.05) is 25.5 Å². The predicted molar refractivity (Wildman–Crippen MR) is 137 cm³/mol. The second kappa shape index (κ2) is 12.5. The zero-order valence-corrected chi connectivity index (χ0v) is 22.2. The molecule has 36 heavy (non-hydrogen) atoms. The fourth-order valence-electron chi connectivity index (χ4n) is 3.24. The zero-order chi connectivity index (χ0) is 26.9. The first-order valence-electron chi connectivity index (χ1n) is 11.7. The fraction of sp³-hybridized carbons (Fsp3) is 0.423. The van der Waals surface area contributed by atoms with Crippen LogP contribution in [0.2, 0.25) is 0 Å². The molecule has 2 rings (SSSR count). The van der Waals surface area contributed by atoms with E-state index in [1.54, 1.807) is 32.9 Å². The van der Waals surface area contributed by atoms with E-state index in [0.717, 1.165) is 24.8 Å². The first-order chi connectivity index (χ1) is 16.8. The van der Waals surface area contributed by atoms with Crippen LogP contribution in [0.3, 0.4) is 0 Å². The van der Waals surface area contributed by atoms with Gasteiger partial charge in [-0.3, -0.25) is 14.3 Å². The van der Waals surface area contributed by atoms with Crippen LogP contribution in [0.4, 0.5) is 11.4 Å². The van der Waals surface area contributed by atoms with Crippen molar-refractivity contribution in [3.8, 4) is 0 Å². The summed E-state index contributed by atoms with van der Waals surface area (Å²) in [5.74, 6) is -1.75. The molecule has 0 fully saturated rings. The number of sulfonamides is 1. The molecule has 0 saturated heterocycles. The van der Waals surface area contributed by atoms with Gasteiger partial charge in [-0.15, -0.1) is 0 Å². The molecule has 0 heterocycles. The largest absolute Gasteiger partial charge is 0.465 e. The molecule has 0 aliphatic rings. The number of unbranched alkanes of at least 4 members (excludes halogenated alkanes) is 1. The second-order valence-electron chi connectivity index (χ2n) is 9.24. The normalized spacial score (nSPS) is 11.5. The minimum absolute atomic E-state index is 0.00339. The van der Waals surface area contributed by atoms with Gasteiger partial charge >= 0.3 is 11.9 Å². The number of methoxy groups -OCH3 is 1. The minimum Gasteiger partial charge on any atom is -0.465 e. The molecule has 9 nitrogen and oxygen atoms in total. The van der Waals surface area contributed by atoms with E-state index in [-0.39, 0.29) is 34.7 Å². The monoisotopic (exact) mass is 518 g/mol. The Morgan fingerprint density at radius 3 is 2.22 bits per heavy atom. The summed E-state index contributed by atoms with van der Waals surface area (Å²) in [5, 5.41) is 2.59. The number of benzene rings is 2. The van der Waals surface area contributed by atoms with E-state index in [1.807, 2.05) is 0 Å². The summed E-state index contributed by atoms with van der Waals surface area (Å²) in [4.78, 5) is 36.5. The highest BCUT2D eigenvalue weighted by atomic mass is 32.2. The number of esters is 2. The molecular formula is C26H34N2O7S. The van der Waals surface area contributed by atoms with Crippen molar-refractivity contribution in [2.24, 2.45) is 0 Å². The lowest BCUT2D eigenvalue weighted by atomic mass is 10.1. The molecule has 2 N–H and O–H groups in total. The van der Waals surface area contributed by atoms with E-state index >= 15 is 0 Å². The lowest BCUT2D eigenvalue weighted by Gasteiger charge is -2.19. The van der Waals surface area contributed by atoms with E-state index in [1.165, 1.54) is 37.4 Å². The summed E-state index contributed by atoms with van der Waals surface area (Å²) in [6.45, 7) is 7.29. The summed E-state index contributed by atoms with van der Waals surface area (Å²) in [6.07, 6.45) is 2.68. The van der Waals surface area contributed by atoms with E-state index in [9.17, 15) is 22.8 Å². The van der Waals surface area contributed by atoms with Crippen molar-refractivity contribution in [3.05, 3.63) is 53.6 Å². The van der Waals surface area contributed by atoms with Crippen molar-refractivity contribution in [3.63, 3.8) is 0 Å². The Kier molecular flexibility index (Phi) is 10.0. The molecule has 0 aliphatic carbocycles. The Balaban J connectivity index is 2.15. The number of aryl methyl sites for hydroxylation is 1. The summed E-state index contributed by atoms with van der Waals surface area (Å²) in [6, 6.07) is 10.7. The minimum atomic E-state index is -3.98. The van der Waals surface area contributed by atoms with Crippen molar-refractivity contribution in [2.45, 2.75) is 70.3 Å². The van der Waals surface area contributed by atoms with E-state index in [4.69, 9.17) is 9.47 Å². The number of ether oxygens (including phenoxy) is 2. The van der Waals surface area contributed by atoms with Crippen LogP contribution < -0.4 is 10.0 Å². The summed E-state index contributed by atoms with van der Waals surface area (Å²) in [5.41, 5.74) is 0.559. The average Bonchev–Trinajstić information content (AvgIpc) is 2.81.